The molecule has 1 saturated heterocycles. The number of methoxy groups -OCH3 is 1. The molecule has 3 aromatic heterocycles. The fourth-order valence-corrected chi connectivity index (χ4v) is 5.26. The third kappa shape index (κ3) is 4.79. The Balaban J connectivity index is 1.36. The van der Waals surface area contributed by atoms with Gasteiger partial charge in [-0.2, -0.15) is 9.61 Å². The molecule has 13 nitrogen and oxygen atoms in total. The molecule has 1 unspecified atom stereocenters. The molecule has 0 bridgehead atoms. The summed E-state index contributed by atoms with van der Waals surface area (Å²) in [7, 11) is 3.15. The van der Waals surface area contributed by atoms with Crippen molar-refractivity contribution in [3.63, 3.8) is 0 Å². The maximum Gasteiger partial charge on any atom is 0.415 e. The Kier molecular flexibility index (Phi) is 6.30. The summed E-state index contributed by atoms with van der Waals surface area (Å²) in [6, 6.07) is 5.11. The number of amides is 2. The predicted molar refractivity (Wildman–Crippen MR) is 145 cm³/mol. The lowest BCUT2D eigenvalue weighted by atomic mass is 10.2. The first-order valence-corrected chi connectivity index (χ1v) is 13.3. The van der Waals surface area contributed by atoms with Crippen LogP contribution in [0.25, 0.3) is 5.65 Å². The summed E-state index contributed by atoms with van der Waals surface area (Å²) in [6.45, 7) is 6.65. The molecule has 3 aliphatic rings. The number of pyridine rings is 1. The second-order valence-electron chi connectivity index (χ2n) is 11.5. The molecule has 2 aliphatic carbocycles. The van der Waals surface area contributed by atoms with Gasteiger partial charge < -0.3 is 29.4 Å². The van der Waals surface area contributed by atoms with Crippen LogP contribution in [0.15, 0.2) is 35.4 Å². The summed E-state index contributed by atoms with van der Waals surface area (Å²) in [5, 5.41) is 10.4. The van der Waals surface area contributed by atoms with E-state index < -0.39 is 11.7 Å². The first-order valence-electron chi connectivity index (χ1n) is 13.3. The number of aromatic nitrogens is 4. The van der Waals surface area contributed by atoms with Gasteiger partial charge >= 0.3 is 6.09 Å². The van der Waals surface area contributed by atoms with E-state index in [1.54, 1.807) is 57.8 Å². The van der Waals surface area contributed by atoms with Crippen LogP contribution in [-0.2, 0) is 14.2 Å². The van der Waals surface area contributed by atoms with E-state index in [1.165, 1.54) is 15.6 Å². The number of rotatable bonds is 7. The van der Waals surface area contributed by atoms with Crippen LogP contribution in [0.4, 0.5) is 22.1 Å². The van der Waals surface area contributed by atoms with E-state index in [-0.39, 0.29) is 46.7 Å². The number of nitrogens with one attached hydrogen (secondary N) is 2. The Morgan fingerprint density at radius 1 is 1.23 bits per heavy atom. The van der Waals surface area contributed by atoms with Gasteiger partial charge in [0.1, 0.15) is 28.5 Å². The predicted octanol–water partition coefficient (Wildman–Crippen LogP) is 2.34. The van der Waals surface area contributed by atoms with Crippen LogP contribution in [0.1, 0.15) is 43.6 Å². The zero-order chi connectivity index (χ0) is 28.3. The van der Waals surface area contributed by atoms with Crippen molar-refractivity contribution in [1.29, 1.82) is 0 Å². The minimum atomic E-state index is -0.725. The lowest BCUT2D eigenvalue weighted by Gasteiger charge is -2.25. The number of nitrogens with zero attached hydrogens (tertiary/aromatic N) is 5. The van der Waals surface area contributed by atoms with E-state index in [0.29, 0.717) is 36.6 Å². The zero-order valence-corrected chi connectivity index (χ0v) is 23.1. The number of fused-ring (bicyclic) bond motifs is 2. The van der Waals surface area contributed by atoms with Crippen molar-refractivity contribution in [2.24, 2.45) is 11.8 Å². The van der Waals surface area contributed by atoms with E-state index in [1.807, 2.05) is 6.07 Å². The van der Waals surface area contributed by atoms with Gasteiger partial charge in [-0.05, 0) is 39.3 Å². The Labute approximate surface area is 230 Å². The molecule has 0 spiro atoms. The van der Waals surface area contributed by atoms with Crippen molar-refractivity contribution < 1.29 is 23.8 Å². The number of carbonyl (C=O) groups is 2. The van der Waals surface area contributed by atoms with E-state index in [9.17, 15) is 14.4 Å². The molecular formula is C27H33N7O6. The Hall–Kier alpha value is -3.97. The molecular weight excluding hydrogens is 518 g/mol. The van der Waals surface area contributed by atoms with E-state index in [2.05, 4.69) is 20.7 Å². The quantitative estimate of drug-likeness (QED) is 0.453. The minimum Gasteiger partial charge on any atom is -0.443 e. The smallest absolute Gasteiger partial charge is 0.415 e. The first kappa shape index (κ1) is 26.3. The molecule has 0 aromatic carbocycles. The molecule has 1 aliphatic heterocycles. The molecule has 3 aromatic rings. The van der Waals surface area contributed by atoms with Gasteiger partial charge in [0.05, 0.1) is 31.6 Å². The maximum atomic E-state index is 13.4. The Bertz CT molecular complexity index is 1530. The summed E-state index contributed by atoms with van der Waals surface area (Å²) in [5.74, 6) is 0.914. The van der Waals surface area contributed by atoms with Crippen molar-refractivity contribution in [1.82, 2.24) is 24.5 Å². The van der Waals surface area contributed by atoms with Gasteiger partial charge in [-0.3, -0.25) is 14.5 Å². The fraction of sp³-hybridized carbons (Fsp3) is 0.519. The molecule has 4 heterocycles. The number of hydrogen-bond donors (Lipinski definition) is 2. The molecule has 2 amide bonds. The van der Waals surface area contributed by atoms with E-state index >= 15 is 0 Å². The van der Waals surface area contributed by atoms with Crippen molar-refractivity contribution in [2.75, 3.05) is 37.6 Å². The van der Waals surface area contributed by atoms with Gasteiger partial charge in [-0.1, -0.05) is 0 Å². The van der Waals surface area contributed by atoms with Gasteiger partial charge in [-0.15, -0.1) is 0 Å². The summed E-state index contributed by atoms with van der Waals surface area (Å²) in [4.78, 5) is 45.4. The van der Waals surface area contributed by atoms with Crippen LogP contribution in [0, 0.1) is 11.8 Å². The van der Waals surface area contributed by atoms with Crippen molar-refractivity contribution in [3.8, 4) is 0 Å². The number of hydrogen-bond acceptors (Lipinski definition) is 9. The Morgan fingerprint density at radius 2 is 1.98 bits per heavy atom. The third-order valence-corrected chi connectivity index (χ3v) is 7.53. The van der Waals surface area contributed by atoms with Gasteiger partial charge in [0.15, 0.2) is 5.65 Å². The van der Waals surface area contributed by atoms with Gasteiger partial charge in [0.25, 0.3) is 11.5 Å². The van der Waals surface area contributed by atoms with Crippen molar-refractivity contribution in [2.45, 2.75) is 51.0 Å². The molecule has 212 valence electrons. The summed E-state index contributed by atoms with van der Waals surface area (Å²) in [6.07, 6.45) is 3.28. The number of anilines is 3. The molecule has 2 N–H and O–H groups in total. The van der Waals surface area contributed by atoms with Crippen LogP contribution < -0.4 is 21.1 Å². The normalized spacial score (nSPS) is 24.9. The van der Waals surface area contributed by atoms with Crippen molar-refractivity contribution >= 4 is 35.0 Å². The fourth-order valence-electron chi connectivity index (χ4n) is 5.26. The number of carbonyl (C=O) groups excluding carboxylic acids is 2. The summed E-state index contributed by atoms with van der Waals surface area (Å²) < 4.78 is 19.5. The highest BCUT2D eigenvalue weighted by Gasteiger charge is 2.55. The van der Waals surface area contributed by atoms with Gasteiger partial charge in [0, 0.05) is 44.3 Å². The minimum absolute atomic E-state index is 0.0253. The Morgan fingerprint density at radius 3 is 2.65 bits per heavy atom. The van der Waals surface area contributed by atoms with E-state index in [4.69, 9.17) is 14.2 Å². The average Bonchev–Trinajstić information content (AvgIpc) is 3.66. The second-order valence-corrected chi connectivity index (χ2v) is 11.5. The van der Waals surface area contributed by atoms with E-state index in [0.717, 1.165) is 6.42 Å². The second kappa shape index (κ2) is 9.59. The SMILES string of the molecule is CO[C@@H]1C[C@H]1NC(=O)c1cnn2c(N(C)C(=O)OC(C)(C)C)cc(Nc3cccn(C4[C@H]5COC[C@@H]45)c3=O)nc12. The van der Waals surface area contributed by atoms with Gasteiger partial charge in [-0.25, -0.2) is 9.78 Å². The third-order valence-electron chi connectivity index (χ3n) is 7.53. The van der Waals surface area contributed by atoms with Crippen LogP contribution in [-0.4, -0.2) is 76.3 Å². The average molecular weight is 552 g/mol. The van der Waals surface area contributed by atoms with Gasteiger partial charge in [0.2, 0.25) is 0 Å². The van der Waals surface area contributed by atoms with Crippen LogP contribution in [0.2, 0.25) is 0 Å². The summed E-state index contributed by atoms with van der Waals surface area (Å²) in [5.41, 5.74) is -0.149. The molecule has 3 fully saturated rings. The molecule has 40 heavy (non-hydrogen) atoms. The lowest BCUT2D eigenvalue weighted by Crippen LogP contribution is -2.35. The highest BCUT2D eigenvalue weighted by molar-refractivity contribution is 6.01. The molecule has 13 heteroatoms. The van der Waals surface area contributed by atoms with Crippen LogP contribution >= 0.6 is 0 Å². The molecule has 2 saturated carbocycles. The molecule has 5 atom stereocenters. The van der Waals surface area contributed by atoms with Crippen LogP contribution in [0.3, 0.4) is 0 Å². The topological polar surface area (TPSA) is 141 Å². The lowest BCUT2D eigenvalue weighted by molar-refractivity contribution is 0.0587. The zero-order valence-electron chi connectivity index (χ0n) is 23.1. The maximum absolute atomic E-state index is 13.4. The monoisotopic (exact) mass is 551 g/mol. The molecule has 6 rings (SSSR count). The largest absolute Gasteiger partial charge is 0.443 e. The van der Waals surface area contributed by atoms with Crippen LogP contribution in [0.5, 0.6) is 0 Å². The highest BCUT2D eigenvalue weighted by Crippen LogP contribution is 2.53. The first-order chi connectivity index (χ1) is 19.1. The van der Waals surface area contributed by atoms with Crippen molar-refractivity contribution in [3.05, 3.63) is 46.5 Å². The standard InChI is InChI=1S/C27H33N7O6/c1-27(2,3)40-26(37)32(4)21-10-20(29-17-7-6-8-33(25(17)36)22-15-12-39-13-16(15)22)31-23-14(11-28-34(21)23)24(35)30-18-9-19(18)38-5/h6-8,10-11,15-16,18-19,22H,9,12-13H2,1-5H3,(H,29,31)(H,30,35)/t15-,16+,18-,19-,22?/m1/s1. The molecule has 0 radical (unpaired) electrons. The summed E-state index contributed by atoms with van der Waals surface area (Å²) >= 11 is 0. The highest BCUT2D eigenvalue weighted by atomic mass is 16.6. The number of ether oxygens (including phenoxy) is 3.